The lowest BCUT2D eigenvalue weighted by Crippen LogP contribution is -2.14. The maximum atomic E-state index is 12.6. The monoisotopic (exact) mass is 454 g/mol. The van der Waals surface area contributed by atoms with Gasteiger partial charge in [-0.25, -0.2) is 0 Å². The van der Waals surface area contributed by atoms with Crippen LogP contribution >= 0.6 is 0 Å². The molecule has 1 aromatic carbocycles. The molecule has 1 aromatic rings. The molecule has 3 heteroatoms. The summed E-state index contributed by atoms with van der Waals surface area (Å²) in [5, 5.41) is 0. The van der Waals surface area contributed by atoms with E-state index in [-0.39, 0.29) is 0 Å². The molecule has 0 radical (unpaired) electrons. The van der Waals surface area contributed by atoms with Crippen LogP contribution in [0.3, 0.4) is 0 Å². The zero-order chi connectivity index (χ0) is 23.5. The quantitative estimate of drug-likeness (QED) is 0.308. The van der Waals surface area contributed by atoms with Crippen molar-refractivity contribution < 1.29 is 13.2 Å². The first-order valence-corrected chi connectivity index (χ1v) is 12.8. The van der Waals surface area contributed by atoms with Crippen LogP contribution in [0.2, 0.25) is 0 Å². The van der Waals surface area contributed by atoms with E-state index in [1.165, 1.54) is 63.5 Å². The minimum atomic E-state index is -4.30. The van der Waals surface area contributed by atoms with Crippen molar-refractivity contribution in [2.75, 3.05) is 0 Å². The van der Waals surface area contributed by atoms with Gasteiger partial charge < -0.3 is 0 Å². The standard InChI is InChI=1S/C30H37F3/c1-2-3-4-7-24-10-14-27(15-11-24)18-19-28-16-12-25(13-17-28)8-5-6-9-26-20-22-29(23-21-26)30(31,32)33/h5,8,20-25,27-28H,2-4,7,10-17H2,1H3/b8-5+/t24-,25?,27-,28?. The van der Waals surface area contributed by atoms with Gasteiger partial charge in [-0.1, -0.05) is 62.4 Å². The first kappa shape index (κ1) is 25.5. The fourth-order valence-electron chi connectivity index (χ4n) is 5.02. The predicted molar refractivity (Wildman–Crippen MR) is 130 cm³/mol. The van der Waals surface area contributed by atoms with Crippen molar-refractivity contribution >= 4 is 0 Å². The molecule has 0 heterocycles. The van der Waals surface area contributed by atoms with E-state index in [2.05, 4.69) is 36.7 Å². The summed E-state index contributed by atoms with van der Waals surface area (Å²) in [6, 6.07) is 5.00. The summed E-state index contributed by atoms with van der Waals surface area (Å²) in [6.07, 6.45) is 15.1. The number of allylic oxidation sites excluding steroid dienone is 2. The number of rotatable bonds is 5. The van der Waals surface area contributed by atoms with E-state index in [4.69, 9.17) is 0 Å². The Morgan fingerprint density at radius 3 is 2.03 bits per heavy atom. The molecule has 33 heavy (non-hydrogen) atoms. The van der Waals surface area contributed by atoms with Gasteiger partial charge in [0, 0.05) is 17.4 Å². The SMILES string of the molecule is CCCCC[C@H]1CC[C@H](C#CC2CCC(/C=C/C#Cc3ccc(C(F)(F)F)cc3)CC2)CC1. The molecule has 2 aliphatic rings. The van der Waals surface area contributed by atoms with Crippen LogP contribution < -0.4 is 0 Å². The van der Waals surface area contributed by atoms with Crippen LogP contribution in [0.25, 0.3) is 0 Å². The van der Waals surface area contributed by atoms with Gasteiger partial charge in [0.15, 0.2) is 0 Å². The van der Waals surface area contributed by atoms with Gasteiger partial charge in [0.25, 0.3) is 0 Å². The van der Waals surface area contributed by atoms with Crippen LogP contribution in [-0.4, -0.2) is 0 Å². The average Bonchev–Trinajstić information content (AvgIpc) is 2.82. The Morgan fingerprint density at radius 1 is 0.848 bits per heavy atom. The first-order valence-electron chi connectivity index (χ1n) is 12.8. The zero-order valence-corrected chi connectivity index (χ0v) is 19.9. The molecule has 0 bridgehead atoms. The maximum Gasteiger partial charge on any atom is 0.416 e. The molecular formula is C30H37F3. The molecule has 3 rings (SSSR count). The Balaban J connectivity index is 1.36. The van der Waals surface area contributed by atoms with Gasteiger partial charge in [-0.2, -0.15) is 13.2 Å². The molecule has 2 aliphatic carbocycles. The summed E-state index contributed by atoms with van der Waals surface area (Å²) >= 11 is 0. The molecular weight excluding hydrogens is 417 g/mol. The average molecular weight is 455 g/mol. The third-order valence-electron chi connectivity index (χ3n) is 7.21. The number of unbranched alkanes of at least 4 members (excludes halogenated alkanes) is 2. The summed E-state index contributed by atoms with van der Waals surface area (Å²) in [7, 11) is 0. The molecule has 0 N–H and O–H groups in total. The topological polar surface area (TPSA) is 0 Å². The van der Waals surface area contributed by atoms with Crippen molar-refractivity contribution in [1.82, 2.24) is 0 Å². The number of hydrogen-bond donors (Lipinski definition) is 0. The van der Waals surface area contributed by atoms with E-state index < -0.39 is 11.7 Å². The van der Waals surface area contributed by atoms with Gasteiger partial charge in [0.05, 0.1) is 5.56 Å². The molecule has 0 unspecified atom stereocenters. The molecule has 0 amide bonds. The first-order chi connectivity index (χ1) is 15.9. The second kappa shape index (κ2) is 12.9. The van der Waals surface area contributed by atoms with Crippen LogP contribution in [0.4, 0.5) is 13.2 Å². The van der Waals surface area contributed by atoms with Crippen molar-refractivity contribution in [3.63, 3.8) is 0 Å². The maximum absolute atomic E-state index is 12.6. The van der Waals surface area contributed by atoms with Gasteiger partial charge in [0.2, 0.25) is 0 Å². The van der Waals surface area contributed by atoms with Crippen molar-refractivity contribution in [3.8, 4) is 23.7 Å². The minimum Gasteiger partial charge on any atom is -0.166 e. The highest BCUT2D eigenvalue weighted by Crippen LogP contribution is 2.33. The Hall–Kier alpha value is -2.13. The molecule has 0 spiro atoms. The van der Waals surface area contributed by atoms with Crippen LogP contribution in [0, 0.1) is 47.4 Å². The van der Waals surface area contributed by atoms with E-state index in [0.717, 1.165) is 43.7 Å². The van der Waals surface area contributed by atoms with E-state index in [1.54, 1.807) is 0 Å². The van der Waals surface area contributed by atoms with Crippen molar-refractivity contribution in [3.05, 3.63) is 47.5 Å². The molecule has 2 fully saturated rings. The van der Waals surface area contributed by atoms with Gasteiger partial charge in [-0.15, -0.1) is 0 Å². The number of alkyl halides is 3. The fourth-order valence-corrected chi connectivity index (χ4v) is 5.02. The Bertz CT molecular complexity index is 854. The smallest absolute Gasteiger partial charge is 0.166 e. The van der Waals surface area contributed by atoms with E-state index in [0.29, 0.717) is 23.3 Å². The van der Waals surface area contributed by atoms with Gasteiger partial charge in [-0.05, 0) is 93.5 Å². The highest BCUT2D eigenvalue weighted by Gasteiger charge is 2.29. The number of halogens is 3. The summed E-state index contributed by atoms with van der Waals surface area (Å²) in [5.41, 5.74) is -0.0415. The fraction of sp³-hybridized carbons (Fsp3) is 0.600. The van der Waals surface area contributed by atoms with Crippen molar-refractivity contribution in [2.24, 2.45) is 23.7 Å². The lowest BCUT2D eigenvalue weighted by atomic mass is 9.79. The lowest BCUT2D eigenvalue weighted by Gasteiger charge is -2.26. The third-order valence-corrected chi connectivity index (χ3v) is 7.21. The van der Waals surface area contributed by atoms with E-state index in [9.17, 15) is 13.2 Å². The van der Waals surface area contributed by atoms with Gasteiger partial charge in [0.1, 0.15) is 0 Å². The van der Waals surface area contributed by atoms with Gasteiger partial charge in [-0.3, -0.25) is 0 Å². The predicted octanol–water partition coefficient (Wildman–Crippen LogP) is 8.81. The Kier molecular flexibility index (Phi) is 9.99. The normalized spacial score (nSPS) is 25.7. The minimum absolute atomic E-state index is 0.531. The second-order valence-corrected chi connectivity index (χ2v) is 9.82. The van der Waals surface area contributed by atoms with Crippen LogP contribution in [-0.2, 0) is 6.18 Å². The number of benzene rings is 1. The summed E-state index contributed by atoms with van der Waals surface area (Å²) in [4.78, 5) is 0. The molecule has 0 atom stereocenters. The van der Waals surface area contributed by atoms with Gasteiger partial charge >= 0.3 is 6.18 Å². The molecule has 0 nitrogen and oxygen atoms in total. The molecule has 178 valence electrons. The van der Waals surface area contributed by atoms with E-state index in [1.807, 2.05) is 6.08 Å². The summed E-state index contributed by atoms with van der Waals surface area (Å²) in [6.45, 7) is 2.28. The van der Waals surface area contributed by atoms with Crippen LogP contribution in [0.5, 0.6) is 0 Å². The highest BCUT2D eigenvalue weighted by atomic mass is 19.4. The third kappa shape index (κ3) is 8.97. The largest absolute Gasteiger partial charge is 0.416 e. The zero-order valence-electron chi connectivity index (χ0n) is 19.9. The molecule has 0 aliphatic heterocycles. The van der Waals surface area contributed by atoms with Crippen LogP contribution in [0.1, 0.15) is 95.1 Å². The van der Waals surface area contributed by atoms with Crippen molar-refractivity contribution in [2.45, 2.75) is 90.1 Å². The molecule has 2 saturated carbocycles. The second-order valence-electron chi connectivity index (χ2n) is 9.82. The summed E-state index contributed by atoms with van der Waals surface area (Å²) in [5.74, 6) is 15.7. The summed E-state index contributed by atoms with van der Waals surface area (Å²) < 4.78 is 37.8. The highest BCUT2D eigenvalue weighted by molar-refractivity contribution is 5.39. The Labute approximate surface area is 198 Å². The van der Waals surface area contributed by atoms with E-state index >= 15 is 0 Å². The van der Waals surface area contributed by atoms with Crippen molar-refractivity contribution in [1.29, 1.82) is 0 Å². The molecule has 0 saturated heterocycles. The van der Waals surface area contributed by atoms with Crippen LogP contribution in [0.15, 0.2) is 36.4 Å². The lowest BCUT2D eigenvalue weighted by molar-refractivity contribution is -0.137. The number of hydrogen-bond acceptors (Lipinski definition) is 0. The molecule has 0 aromatic heterocycles. The Morgan fingerprint density at radius 2 is 1.45 bits per heavy atom.